The van der Waals surface area contributed by atoms with E-state index >= 15 is 0 Å². The molecule has 0 saturated heterocycles. The van der Waals surface area contributed by atoms with Gasteiger partial charge in [-0.3, -0.25) is 0 Å². The fraction of sp³-hybridized carbons (Fsp3) is 0.143. The van der Waals surface area contributed by atoms with Gasteiger partial charge in [-0.25, -0.2) is 13.2 Å². The first-order chi connectivity index (χ1) is 9.38. The summed E-state index contributed by atoms with van der Waals surface area (Å²) in [6.07, 6.45) is 0. The van der Waals surface area contributed by atoms with E-state index in [9.17, 15) is 13.2 Å². The van der Waals surface area contributed by atoms with Crippen LogP contribution in [0.1, 0.15) is 18.5 Å². The molecule has 0 spiro atoms. The SMILES string of the molecule is CC(Nc1c(F)cc(F)cc1F)c1ccc(Br)cc1Br. The summed E-state index contributed by atoms with van der Waals surface area (Å²) in [5.74, 6) is -2.85. The lowest BCUT2D eigenvalue weighted by molar-refractivity contribution is 0.545. The number of benzene rings is 2. The van der Waals surface area contributed by atoms with Crippen LogP contribution in [0.15, 0.2) is 39.3 Å². The molecule has 2 rings (SSSR count). The molecule has 0 amide bonds. The first-order valence-corrected chi connectivity index (χ1v) is 7.33. The Morgan fingerprint density at radius 3 is 2.15 bits per heavy atom. The van der Waals surface area contributed by atoms with E-state index in [1.54, 1.807) is 6.92 Å². The van der Waals surface area contributed by atoms with E-state index < -0.39 is 17.5 Å². The van der Waals surface area contributed by atoms with Crippen molar-refractivity contribution in [1.29, 1.82) is 0 Å². The maximum absolute atomic E-state index is 13.6. The zero-order chi connectivity index (χ0) is 14.9. The number of nitrogens with one attached hydrogen (secondary N) is 1. The second-order valence-corrected chi connectivity index (χ2v) is 6.05. The highest BCUT2D eigenvalue weighted by Gasteiger charge is 2.16. The van der Waals surface area contributed by atoms with Gasteiger partial charge in [0.25, 0.3) is 0 Å². The van der Waals surface area contributed by atoms with E-state index in [4.69, 9.17) is 0 Å². The van der Waals surface area contributed by atoms with Gasteiger partial charge in [0.1, 0.15) is 11.5 Å². The summed E-state index contributed by atoms with van der Waals surface area (Å²) in [6, 6.07) is 6.43. The van der Waals surface area contributed by atoms with Crippen molar-refractivity contribution in [2.45, 2.75) is 13.0 Å². The van der Waals surface area contributed by atoms with Crippen LogP contribution in [0, 0.1) is 17.5 Å². The van der Waals surface area contributed by atoms with E-state index in [0.717, 1.165) is 14.5 Å². The van der Waals surface area contributed by atoms with Crippen LogP contribution in [0.3, 0.4) is 0 Å². The zero-order valence-electron chi connectivity index (χ0n) is 10.4. The molecule has 20 heavy (non-hydrogen) atoms. The Bertz CT molecular complexity index is 623. The largest absolute Gasteiger partial charge is 0.374 e. The number of hydrogen-bond donors (Lipinski definition) is 1. The van der Waals surface area contributed by atoms with Gasteiger partial charge in [-0.05, 0) is 24.6 Å². The highest BCUT2D eigenvalue weighted by Crippen LogP contribution is 2.30. The van der Waals surface area contributed by atoms with Crippen molar-refractivity contribution in [3.63, 3.8) is 0 Å². The molecule has 0 saturated carbocycles. The fourth-order valence-corrected chi connectivity index (χ4v) is 3.22. The van der Waals surface area contributed by atoms with E-state index in [2.05, 4.69) is 37.2 Å². The molecule has 0 aliphatic heterocycles. The first kappa shape index (κ1) is 15.4. The summed E-state index contributed by atoms with van der Waals surface area (Å²) in [5.41, 5.74) is 0.491. The van der Waals surface area contributed by atoms with Crippen LogP contribution >= 0.6 is 31.9 Å². The smallest absolute Gasteiger partial charge is 0.152 e. The van der Waals surface area contributed by atoms with Crippen molar-refractivity contribution in [3.05, 3.63) is 62.3 Å². The summed E-state index contributed by atoms with van der Waals surface area (Å²) < 4.78 is 41.7. The van der Waals surface area contributed by atoms with Gasteiger partial charge < -0.3 is 5.32 Å². The second kappa shape index (κ2) is 6.18. The number of anilines is 1. The van der Waals surface area contributed by atoms with Gasteiger partial charge >= 0.3 is 0 Å². The maximum atomic E-state index is 13.6. The zero-order valence-corrected chi connectivity index (χ0v) is 13.5. The van der Waals surface area contributed by atoms with Crippen LogP contribution in [-0.4, -0.2) is 0 Å². The molecule has 2 aromatic carbocycles. The highest BCUT2D eigenvalue weighted by molar-refractivity contribution is 9.11. The summed E-state index contributed by atoms with van der Waals surface area (Å²) in [7, 11) is 0. The van der Waals surface area contributed by atoms with Crippen LogP contribution in [0.5, 0.6) is 0 Å². The molecule has 0 bridgehead atoms. The summed E-state index contributed by atoms with van der Waals surface area (Å²) in [6.45, 7) is 1.76. The molecule has 1 unspecified atom stereocenters. The minimum atomic E-state index is -0.956. The van der Waals surface area contributed by atoms with Crippen molar-refractivity contribution in [1.82, 2.24) is 0 Å². The highest BCUT2D eigenvalue weighted by atomic mass is 79.9. The van der Waals surface area contributed by atoms with Crippen LogP contribution in [-0.2, 0) is 0 Å². The molecule has 0 aromatic heterocycles. The van der Waals surface area contributed by atoms with Gasteiger partial charge in [0, 0.05) is 27.1 Å². The lowest BCUT2D eigenvalue weighted by Gasteiger charge is -2.18. The summed E-state index contributed by atoms with van der Waals surface area (Å²) >= 11 is 6.72. The van der Waals surface area contributed by atoms with Crippen molar-refractivity contribution in [3.8, 4) is 0 Å². The Morgan fingerprint density at radius 2 is 1.60 bits per heavy atom. The third-order valence-electron chi connectivity index (χ3n) is 2.80. The van der Waals surface area contributed by atoms with Gasteiger partial charge in [-0.1, -0.05) is 37.9 Å². The molecule has 1 atom stereocenters. The van der Waals surface area contributed by atoms with Gasteiger partial charge in [0.15, 0.2) is 11.6 Å². The minimum absolute atomic E-state index is 0.339. The number of rotatable bonds is 3. The maximum Gasteiger partial charge on any atom is 0.152 e. The molecular formula is C14H10Br2F3N. The van der Waals surface area contributed by atoms with E-state index in [0.29, 0.717) is 12.1 Å². The molecule has 0 fully saturated rings. The molecule has 6 heteroatoms. The lowest BCUT2D eigenvalue weighted by Crippen LogP contribution is -2.10. The normalized spacial score (nSPS) is 12.3. The van der Waals surface area contributed by atoms with Crippen molar-refractivity contribution < 1.29 is 13.2 Å². The molecule has 1 N–H and O–H groups in total. The molecule has 0 heterocycles. The van der Waals surface area contributed by atoms with Crippen LogP contribution in [0.2, 0.25) is 0 Å². The summed E-state index contributed by atoms with van der Waals surface area (Å²) in [4.78, 5) is 0. The Kier molecular flexibility index (Phi) is 4.75. The topological polar surface area (TPSA) is 12.0 Å². The molecule has 1 nitrogen and oxygen atoms in total. The van der Waals surface area contributed by atoms with E-state index in [1.807, 2.05) is 18.2 Å². The summed E-state index contributed by atoms with van der Waals surface area (Å²) in [5, 5.41) is 2.72. The van der Waals surface area contributed by atoms with E-state index in [-0.39, 0.29) is 11.7 Å². The number of halogens is 5. The molecule has 0 aliphatic rings. The quantitative estimate of drug-likeness (QED) is 0.676. The van der Waals surface area contributed by atoms with Crippen LogP contribution in [0.25, 0.3) is 0 Å². The Labute approximate surface area is 131 Å². The lowest BCUT2D eigenvalue weighted by atomic mass is 10.1. The third kappa shape index (κ3) is 3.35. The first-order valence-electron chi connectivity index (χ1n) is 5.74. The van der Waals surface area contributed by atoms with Crippen molar-refractivity contribution in [2.75, 3.05) is 5.32 Å². The molecular weight excluding hydrogens is 399 g/mol. The Balaban J connectivity index is 2.30. The average Bonchev–Trinajstić information content (AvgIpc) is 2.33. The van der Waals surface area contributed by atoms with Crippen molar-refractivity contribution in [2.24, 2.45) is 0 Å². The fourth-order valence-electron chi connectivity index (χ4n) is 1.83. The molecule has 0 aliphatic carbocycles. The molecule has 2 aromatic rings. The monoisotopic (exact) mass is 407 g/mol. The van der Waals surface area contributed by atoms with E-state index in [1.165, 1.54) is 0 Å². The van der Waals surface area contributed by atoms with Gasteiger partial charge in [-0.15, -0.1) is 0 Å². The Morgan fingerprint density at radius 1 is 1.00 bits per heavy atom. The van der Waals surface area contributed by atoms with Gasteiger partial charge in [-0.2, -0.15) is 0 Å². The standard InChI is InChI=1S/C14H10Br2F3N/c1-7(10-3-2-8(15)4-11(10)16)20-14-12(18)5-9(17)6-13(14)19/h2-7,20H,1H3. The average molecular weight is 409 g/mol. The van der Waals surface area contributed by atoms with Crippen LogP contribution < -0.4 is 5.32 Å². The minimum Gasteiger partial charge on any atom is -0.374 e. The van der Waals surface area contributed by atoms with Crippen LogP contribution in [0.4, 0.5) is 18.9 Å². The van der Waals surface area contributed by atoms with Gasteiger partial charge in [0.2, 0.25) is 0 Å². The predicted molar refractivity (Wildman–Crippen MR) is 80.2 cm³/mol. The molecule has 0 radical (unpaired) electrons. The van der Waals surface area contributed by atoms with Gasteiger partial charge in [0.05, 0.1) is 0 Å². The molecule has 106 valence electrons. The van der Waals surface area contributed by atoms with Crippen molar-refractivity contribution >= 4 is 37.5 Å². The second-order valence-electron chi connectivity index (χ2n) is 4.28. The Hall–Kier alpha value is -1.01. The predicted octanol–water partition coefficient (Wildman–Crippen LogP) is 5.80. The third-order valence-corrected chi connectivity index (χ3v) is 3.98. The number of hydrogen-bond acceptors (Lipinski definition) is 1.